The SMILES string of the molecule is CC/C=C\C/C=C\C/C=C\C/C=C\C/C=C\C/C=C\CCCCCC(O)C(=O)NC(COC1OC(CO)C(O)C(O)C1OC(=O)CCCCCCC/C=C\CCCC)C(O)/C=C/CCCCCCCCCCCCC. The normalized spacial score (nSPS) is 19.9. The van der Waals surface area contributed by atoms with Crippen LogP contribution in [0.1, 0.15) is 233 Å². The van der Waals surface area contributed by atoms with Crippen LogP contribution in [0.5, 0.6) is 0 Å². The Hall–Kier alpha value is -3.42. The summed E-state index contributed by atoms with van der Waals surface area (Å²) in [5.41, 5.74) is 0. The number of allylic oxidation sites excluding steroid dienone is 15. The molecule has 0 aromatic rings. The van der Waals surface area contributed by atoms with Crippen molar-refractivity contribution >= 4 is 11.9 Å². The van der Waals surface area contributed by atoms with Crippen LogP contribution >= 0.6 is 0 Å². The highest BCUT2D eigenvalue weighted by Gasteiger charge is 2.47. The third kappa shape index (κ3) is 39.6. The van der Waals surface area contributed by atoms with Gasteiger partial charge in [0.05, 0.1) is 25.4 Å². The Morgan fingerprint density at radius 3 is 1.49 bits per heavy atom. The van der Waals surface area contributed by atoms with E-state index in [9.17, 15) is 35.1 Å². The van der Waals surface area contributed by atoms with Crippen molar-refractivity contribution < 1.29 is 49.3 Å². The van der Waals surface area contributed by atoms with Gasteiger partial charge in [-0.05, 0) is 96.3 Å². The van der Waals surface area contributed by atoms with Crippen molar-refractivity contribution in [2.45, 2.75) is 282 Å². The largest absolute Gasteiger partial charge is 0.454 e. The van der Waals surface area contributed by atoms with Crippen molar-refractivity contribution in [1.82, 2.24) is 5.32 Å². The number of aliphatic hydroxyl groups is 5. The van der Waals surface area contributed by atoms with Crippen LogP contribution in [0.3, 0.4) is 0 Å². The highest BCUT2D eigenvalue weighted by molar-refractivity contribution is 5.80. The lowest BCUT2D eigenvalue weighted by atomic mass is 9.99. The van der Waals surface area contributed by atoms with Gasteiger partial charge in [-0.1, -0.05) is 227 Å². The number of nitrogens with one attached hydrogen (secondary N) is 1. The molecule has 1 rings (SSSR count). The van der Waals surface area contributed by atoms with Crippen molar-refractivity contribution in [2.75, 3.05) is 13.2 Å². The molecule has 11 heteroatoms. The van der Waals surface area contributed by atoms with E-state index in [1.807, 2.05) is 6.08 Å². The van der Waals surface area contributed by atoms with E-state index in [0.29, 0.717) is 12.8 Å². The van der Waals surface area contributed by atoms with Gasteiger partial charge in [-0.15, -0.1) is 0 Å². The second-order valence-electron chi connectivity index (χ2n) is 20.3. The van der Waals surface area contributed by atoms with Crippen LogP contribution in [0.2, 0.25) is 0 Å². The molecule has 11 nitrogen and oxygen atoms in total. The number of rotatable bonds is 49. The fourth-order valence-electron chi connectivity index (χ4n) is 8.69. The molecule has 0 aromatic carbocycles. The summed E-state index contributed by atoms with van der Waals surface area (Å²) < 4.78 is 17.5. The molecule has 1 saturated heterocycles. The molecule has 0 aromatic heterocycles. The molecule has 8 unspecified atom stereocenters. The summed E-state index contributed by atoms with van der Waals surface area (Å²) in [4.78, 5) is 26.5. The van der Waals surface area contributed by atoms with Crippen molar-refractivity contribution in [3.63, 3.8) is 0 Å². The fraction of sp³-hybridized carbons (Fsp3) is 0.719. The molecular weight excluding hydrogens is 943 g/mol. The molecule has 0 bridgehead atoms. The summed E-state index contributed by atoms with van der Waals surface area (Å²) in [6.07, 6.45) is 57.4. The molecule has 6 N–H and O–H groups in total. The van der Waals surface area contributed by atoms with Crippen molar-refractivity contribution in [3.05, 3.63) is 97.2 Å². The molecule has 1 aliphatic rings. The molecule has 0 spiro atoms. The number of amides is 1. The van der Waals surface area contributed by atoms with Gasteiger partial charge in [0.2, 0.25) is 5.91 Å². The van der Waals surface area contributed by atoms with Gasteiger partial charge in [0, 0.05) is 6.42 Å². The minimum absolute atomic E-state index is 0.105. The summed E-state index contributed by atoms with van der Waals surface area (Å²) >= 11 is 0. The first-order valence-corrected chi connectivity index (χ1v) is 30.0. The molecule has 0 aliphatic carbocycles. The second kappa shape index (κ2) is 51.3. The smallest absolute Gasteiger partial charge is 0.306 e. The Kier molecular flexibility index (Phi) is 47.6. The maximum Gasteiger partial charge on any atom is 0.306 e. The van der Waals surface area contributed by atoms with E-state index >= 15 is 0 Å². The average Bonchev–Trinajstić information content (AvgIpc) is 3.41. The number of esters is 1. The Morgan fingerprint density at radius 2 is 0.973 bits per heavy atom. The van der Waals surface area contributed by atoms with Gasteiger partial charge < -0.3 is 45.1 Å². The van der Waals surface area contributed by atoms with Gasteiger partial charge in [-0.3, -0.25) is 9.59 Å². The number of carbonyl (C=O) groups is 2. The monoisotopic (exact) mass is 1050 g/mol. The van der Waals surface area contributed by atoms with Crippen LogP contribution in [-0.4, -0.2) is 99.6 Å². The van der Waals surface area contributed by atoms with Crippen molar-refractivity contribution in [3.8, 4) is 0 Å². The first-order valence-electron chi connectivity index (χ1n) is 30.0. The lowest BCUT2D eigenvalue weighted by molar-refractivity contribution is -0.305. The van der Waals surface area contributed by atoms with Crippen LogP contribution < -0.4 is 5.32 Å². The van der Waals surface area contributed by atoms with E-state index in [-0.39, 0.29) is 19.4 Å². The van der Waals surface area contributed by atoms with Crippen LogP contribution in [0.15, 0.2) is 97.2 Å². The number of unbranched alkanes of at least 4 members (excludes halogenated alkanes) is 21. The number of hydrogen-bond acceptors (Lipinski definition) is 10. The zero-order valence-electron chi connectivity index (χ0n) is 47.4. The maximum atomic E-state index is 13.4. The van der Waals surface area contributed by atoms with Gasteiger partial charge in [-0.2, -0.15) is 0 Å². The maximum absolute atomic E-state index is 13.4. The first-order chi connectivity index (χ1) is 36.7. The topological polar surface area (TPSA) is 175 Å². The number of hydrogen-bond donors (Lipinski definition) is 6. The fourth-order valence-corrected chi connectivity index (χ4v) is 8.69. The van der Waals surface area contributed by atoms with E-state index < -0.39 is 67.4 Å². The molecule has 1 aliphatic heterocycles. The Labute approximate surface area is 456 Å². The van der Waals surface area contributed by atoms with Crippen LogP contribution in [0.25, 0.3) is 0 Å². The van der Waals surface area contributed by atoms with Crippen molar-refractivity contribution in [1.29, 1.82) is 0 Å². The highest BCUT2D eigenvalue weighted by atomic mass is 16.7. The van der Waals surface area contributed by atoms with Gasteiger partial charge >= 0.3 is 5.97 Å². The first kappa shape index (κ1) is 69.6. The molecule has 1 fully saturated rings. The lowest BCUT2D eigenvalue weighted by Gasteiger charge is -2.41. The zero-order valence-corrected chi connectivity index (χ0v) is 47.4. The number of carbonyl (C=O) groups excluding carboxylic acids is 2. The third-order valence-corrected chi connectivity index (χ3v) is 13.5. The number of ether oxygens (including phenoxy) is 3. The number of aliphatic hydroxyl groups excluding tert-OH is 5. The quantitative estimate of drug-likeness (QED) is 0.0195. The highest BCUT2D eigenvalue weighted by Crippen LogP contribution is 2.26. The Bertz CT molecular complexity index is 1580. The molecular formula is C64H109NO10. The summed E-state index contributed by atoms with van der Waals surface area (Å²) in [7, 11) is 0. The predicted octanol–water partition coefficient (Wildman–Crippen LogP) is 13.9. The van der Waals surface area contributed by atoms with Gasteiger partial charge in [-0.25, -0.2) is 0 Å². The van der Waals surface area contributed by atoms with Gasteiger partial charge in [0.15, 0.2) is 12.4 Å². The van der Waals surface area contributed by atoms with Crippen LogP contribution in [0.4, 0.5) is 0 Å². The Balaban J connectivity index is 2.72. The van der Waals surface area contributed by atoms with Crippen LogP contribution in [-0.2, 0) is 23.8 Å². The summed E-state index contributed by atoms with van der Waals surface area (Å²) in [6.45, 7) is 5.59. The molecule has 0 saturated carbocycles. The molecule has 75 heavy (non-hydrogen) atoms. The second-order valence-corrected chi connectivity index (χ2v) is 20.3. The molecule has 1 amide bonds. The minimum Gasteiger partial charge on any atom is -0.454 e. The minimum atomic E-state index is -1.62. The molecule has 430 valence electrons. The van der Waals surface area contributed by atoms with E-state index in [1.165, 1.54) is 64.2 Å². The molecule has 0 radical (unpaired) electrons. The van der Waals surface area contributed by atoms with Crippen molar-refractivity contribution in [2.24, 2.45) is 0 Å². The van der Waals surface area contributed by atoms with E-state index in [4.69, 9.17) is 14.2 Å². The molecule has 8 atom stereocenters. The third-order valence-electron chi connectivity index (χ3n) is 13.5. The van der Waals surface area contributed by atoms with Crippen LogP contribution in [0, 0.1) is 0 Å². The lowest BCUT2D eigenvalue weighted by Crippen LogP contribution is -2.61. The van der Waals surface area contributed by atoms with E-state index in [0.717, 1.165) is 122 Å². The summed E-state index contributed by atoms with van der Waals surface area (Å²) in [5.74, 6) is -1.24. The van der Waals surface area contributed by atoms with E-state index in [2.05, 4.69) is 111 Å². The summed E-state index contributed by atoms with van der Waals surface area (Å²) in [5, 5.41) is 56.8. The predicted molar refractivity (Wildman–Crippen MR) is 310 cm³/mol. The zero-order chi connectivity index (χ0) is 54.7. The van der Waals surface area contributed by atoms with E-state index in [1.54, 1.807) is 6.08 Å². The molecule has 1 heterocycles. The standard InChI is InChI=1S/C64H109NO10/c1-4-7-10-13-16-19-22-24-25-26-27-28-29-30-31-32-34-37-39-42-45-48-51-57(68)63(72)65-55(56(67)50-47-44-41-38-36-33-23-20-17-14-11-8-5-2)54-73-64-62(61(71)60(70)58(53-66)74-64)75-59(69)52-49-46-43-40-35-21-18-15-12-9-6-3/h7,10,15-16,18-19,24-25,27-28,30-31,34,37,47,50,55-58,60-62,64,66-68,70-71H,4-6,8-9,11-14,17,20-23,26,29,32-33,35-36,38-46,48-49,51-54H2,1-3H3,(H,65,72)/b10-7-,18-15-,19-16-,25-24-,28-27-,31-30-,37-34-,50-47+. The Morgan fingerprint density at radius 1 is 0.533 bits per heavy atom. The summed E-state index contributed by atoms with van der Waals surface area (Å²) in [6, 6.07) is -1.04. The average molecular weight is 1050 g/mol. The van der Waals surface area contributed by atoms with Gasteiger partial charge in [0.25, 0.3) is 0 Å². The van der Waals surface area contributed by atoms with Gasteiger partial charge in [0.1, 0.15) is 24.4 Å².